The zero-order chi connectivity index (χ0) is 22.4. The number of fused-ring (bicyclic) bond motifs is 1. The molecule has 3 aromatic rings. The van der Waals surface area contributed by atoms with Gasteiger partial charge in [-0.25, -0.2) is 4.90 Å². The Hall–Kier alpha value is -3.85. The van der Waals surface area contributed by atoms with E-state index in [2.05, 4.69) is 21.0 Å². The van der Waals surface area contributed by atoms with Crippen LogP contribution in [-0.4, -0.2) is 28.5 Å². The lowest BCUT2D eigenvalue weighted by molar-refractivity contribution is -0.384. The molecule has 0 N–H and O–H groups in total. The van der Waals surface area contributed by atoms with Crippen LogP contribution in [0.25, 0.3) is 0 Å². The summed E-state index contributed by atoms with van der Waals surface area (Å²) in [5.41, 5.74) is 2.07. The van der Waals surface area contributed by atoms with Crippen molar-refractivity contribution in [3.63, 3.8) is 0 Å². The van der Waals surface area contributed by atoms with Crippen molar-refractivity contribution >= 4 is 50.5 Å². The van der Waals surface area contributed by atoms with Crippen LogP contribution in [0, 0.1) is 16.0 Å². The lowest BCUT2D eigenvalue weighted by Gasteiger charge is -2.22. The highest BCUT2D eigenvalue weighted by molar-refractivity contribution is 9.10. The van der Waals surface area contributed by atoms with Gasteiger partial charge in [-0.1, -0.05) is 34.1 Å². The number of para-hydroxylation sites is 1. The standard InChI is InChI=1S/C23H15BrN4O4/c24-15-8-12-16(13-9-15)26-22(29)19-20(14-6-10-18(11-7-14)28(31)32)25-27(21(19)23(26)30)17-4-2-1-3-5-17/h1-13,19,21H/t19-,21+/m1/s1. The Bertz CT molecular complexity index is 1260. The zero-order valence-electron chi connectivity index (χ0n) is 16.5. The second kappa shape index (κ2) is 7.69. The first-order valence-corrected chi connectivity index (χ1v) is 10.6. The maximum atomic E-state index is 13.5. The molecule has 0 unspecified atom stereocenters. The maximum absolute atomic E-state index is 13.5. The Labute approximate surface area is 191 Å². The van der Waals surface area contributed by atoms with E-state index in [4.69, 9.17) is 0 Å². The minimum absolute atomic E-state index is 0.0610. The summed E-state index contributed by atoms with van der Waals surface area (Å²) in [6.45, 7) is 0. The van der Waals surface area contributed by atoms with Gasteiger partial charge in [-0.2, -0.15) is 5.10 Å². The Morgan fingerprint density at radius 3 is 2.12 bits per heavy atom. The van der Waals surface area contributed by atoms with E-state index in [0.29, 0.717) is 22.6 Å². The lowest BCUT2D eigenvalue weighted by Crippen LogP contribution is -2.39. The fraction of sp³-hybridized carbons (Fsp3) is 0.0870. The molecule has 2 aliphatic heterocycles. The Morgan fingerprint density at radius 1 is 0.844 bits per heavy atom. The van der Waals surface area contributed by atoms with Crippen molar-refractivity contribution in [3.05, 3.63) is 99.0 Å². The molecule has 32 heavy (non-hydrogen) atoms. The van der Waals surface area contributed by atoms with Crippen molar-refractivity contribution in [2.75, 3.05) is 9.91 Å². The molecule has 9 heteroatoms. The van der Waals surface area contributed by atoms with E-state index in [1.54, 1.807) is 41.4 Å². The highest BCUT2D eigenvalue weighted by Crippen LogP contribution is 2.39. The first-order valence-electron chi connectivity index (χ1n) is 9.76. The van der Waals surface area contributed by atoms with Gasteiger partial charge in [-0.15, -0.1) is 0 Å². The molecular weight excluding hydrogens is 476 g/mol. The number of non-ortho nitro benzene ring substituents is 1. The predicted molar refractivity (Wildman–Crippen MR) is 122 cm³/mol. The Kier molecular flexibility index (Phi) is 4.82. The summed E-state index contributed by atoms with van der Waals surface area (Å²) in [6.07, 6.45) is 0. The van der Waals surface area contributed by atoms with Crippen LogP contribution in [0.1, 0.15) is 5.56 Å². The van der Waals surface area contributed by atoms with Gasteiger partial charge < -0.3 is 0 Å². The number of hydrazone groups is 1. The van der Waals surface area contributed by atoms with Crippen molar-refractivity contribution in [1.82, 2.24) is 0 Å². The molecule has 2 atom stereocenters. The number of hydrogen-bond acceptors (Lipinski definition) is 6. The molecule has 1 saturated heterocycles. The molecule has 0 spiro atoms. The number of halogens is 1. The lowest BCUT2D eigenvalue weighted by atomic mass is 9.92. The Balaban J connectivity index is 1.61. The minimum Gasteiger partial charge on any atom is -0.273 e. The molecule has 0 aliphatic carbocycles. The molecule has 2 aliphatic rings. The number of anilines is 2. The molecule has 2 heterocycles. The molecule has 0 bridgehead atoms. The summed E-state index contributed by atoms with van der Waals surface area (Å²) >= 11 is 3.37. The number of benzene rings is 3. The monoisotopic (exact) mass is 490 g/mol. The summed E-state index contributed by atoms with van der Waals surface area (Å²) in [6, 6.07) is 21.1. The topological polar surface area (TPSA) is 96.1 Å². The highest BCUT2D eigenvalue weighted by Gasteiger charge is 2.57. The molecular formula is C23H15BrN4O4. The normalized spacial score (nSPS) is 19.8. The van der Waals surface area contributed by atoms with E-state index in [9.17, 15) is 19.7 Å². The Morgan fingerprint density at radius 2 is 1.50 bits per heavy atom. The molecule has 8 nitrogen and oxygen atoms in total. The fourth-order valence-corrected chi connectivity index (χ4v) is 4.31. The van der Waals surface area contributed by atoms with Crippen LogP contribution in [0.2, 0.25) is 0 Å². The van der Waals surface area contributed by atoms with Crippen molar-refractivity contribution < 1.29 is 14.5 Å². The average molecular weight is 491 g/mol. The van der Waals surface area contributed by atoms with Crippen LogP contribution >= 0.6 is 15.9 Å². The van der Waals surface area contributed by atoms with Gasteiger partial charge >= 0.3 is 0 Å². The number of nitro benzene ring substituents is 1. The number of carbonyl (C=O) groups excluding carboxylic acids is 2. The van der Waals surface area contributed by atoms with Gasteiger partial charge in [0, 0.05) is 16.6 Å². The van der Waals surface area contributed by atoms with Crippen molar-refractivity contribution in [1.29, 1.82) is 0 Å². The van der Waals surface area contributed by atoms with Gasteiger partial charge in [0.2, 0.25) is 5.91 Å². The van der Waals surface area contributed by atoms with Crippen LogP contribution in [0.15, 0.2) is 88.4 Å². The van der Waals surface area contributed by atoms with E-state index < -0.39 is 16.9 Å². The number of nitro groups is 1. The van der Waals surface area contributed by atoms with Crippen molar-refractivity contribution in [3.8, 4) is 0 Å². The van der Waals surface area contributed by atoms with Crippen LogP contribution in [0.5, 0.6) is 0 Å². The SMILES string of the molecule is O=C1[C@@H]2C(c3ccc([N+](=O)[O-])cc3)=NN(c3ccccc3)[C@@H]2C(=O)N1c1ccc(Br)cc1. The zero-order valence-corrected chi connectivity index (χ0v) is 18.0. The third-order valence-corrected chi connectivity index (χ3v) is 6.06. The van der Waals surface area contributed by atoms with E-state index >= 15 is 0 Å². The van der Waals surface area contributed by atoms with E-state index in [1.807, 2.05) is 30.3 Å². The third kappa shape index (κ3) is 3.18. The van der Waals surface area contributed by atoms with E-state index in [1.165, 1.54) is 17.0 Å². The van der Waals surface area contributed by atoms with Gasteiger partial charge in [0.15, 0.2) is 0 Å². The molecule has 2 amide bonds. The fourth-order valence-electron chi connectivity index (χ4n) is 4.05. The third-order valence-electron chi connectivity index (χ3n) is 5.53. The number of rotatable bonds is 4. The average Bonchev–Trinajstić information content (AvgIpc) is 3.32. The minimum atomic E-state index is -0.835. The molecule has 0 aromatic heterocycles. The van der Waals surface area contributed by atoms with Crippen LogP contribution in [0.3, 0.4) is 0 Å². The first-order chi connectivity index (χ1) is 15.5. The van der Waals surface area contributed by atoms with Crippen LogP contribution in [-0.2, 0) is 9.59 Å². The summed E-state index contributed by atoms with van der Waals surface area (Å²) in [5.74, 6) is -1.57. The smallest absolute Gasteiger partial charge is 0.269 e. The number of imide groups is 1. The summed E-state index contributed by atoms with van der Waals surface area (Å²) in [4.78, 5) is 38.7. The number of carbonyl (C=O) groups is 2. The number of hydrogen-bond donors (Lipinski definition) is 0. The second-order valence-corrected chi connectivity index (χ2v) is 8.30. The van der Waals surface area contributed by atoms with Crippen molar-refractivity contribution in [2.24, 2.45) is 11.0 Å². The van der Waals surface area contributed by atoms with Gasteiger partial charge in [0.25, 0.3) is 11.6 Å². The molecule has 0 radical (unpaired) electrons. The molecule has 1 fully saturated rings. The summed E-state index contributed by atoms with van der Waals surface area (Å²) in [5, 5.41) is 17.2. The second-order valence-electron chi connectivity index (χ2n) is 7.38. The largest absolute Gasteiger partial charge is 0.273 e. The number of nitrogens with zero attached hydrogens (tertiary/aromatic N) is 4. The van der Waals surface area contributed by atoms with E-state index in [0.717, 1.165) is 4.47 Å². The van der Waals surface area contributed by atoms with Gasteiger partial charge in [0.05, 0.1) is 22.0 Å². The number of amides is 2. The molecule has 5 rings (SSSR count). The quantitative estimate of drug-likeness (QED) is 0.311. The van der Waals surface area contributed by atoms with E-state index in [-0.39, 0.29) is 17.5 Å². The van der Waals surface area contributed by atoms with Gasteiger partial charge in [-0.05, 0) is 54.1 Å². The molecule has 3 aromatic carbocycles. The maximum Gasteiger partial charge on any atom is 0.269 e. The van der Waals surface area contributed by atoms with Gasteiger partial charge in [0.1, 0.15) is 12.0 Å². The van der Waals surface area contributed by atoms with Crippen LogP contribution < -0.4 is 9.91 Å². The van der Waals surface area contributed by atoms with Gasteiger partial charge in [-0.3, -0.25) is 24.7 Å². The first kappa shape index (κ1) is 20.1. The molecule has 158 valence electrons. The predicted octanol–water partition coefficient (Wildman–Crippen LogP) is 4.14. The van der Waals surface area contributed by atoms with Crippen LogP contribution in [0.4, 0.5) is 17.1 Å². The van der Waals surface area contributed by atoms with Crippen molar-refractivity contribution in [2.45, 2.75) is 6.04 Å². The summed E-state index contributed by atoms with van der Waals surface area (Å²) in [7, 11) is 0. The summed E-state index contributed by atoms with van der Waals surface area (Å²) < 4.78 is 0.833. The highest BCUT2D eigenvalue weighted by atomic mass is 79.9. The molecule has 0 saturated carbocycles.